The van der Waals surface area contributed by atoms with Crippen molar-refractivity contribution < 1.29 is 14.7 Å². The summed E-state index contributed by atoms with van der Waals surface area (Å²) in [6.45, 7) is 4.01. The first kappa shape index (κ1) is 15.5. The van der Waals surface area contributed by atoms with Crippen LogP contribution in [0.2, 0.25) is 5.02 Å². The number of halogens is 1. The molecule has 0 aliphatic heterocycles. The number of carbonyl (C=O) groups is 2. The largest absolute Gasteiger partial charge is 0.478 e. The summed E-state index contributed by atoms with van der Waals surface area (Å²) < 4.78 is 0. The number of amides is 1. The van der Waals surface area contributed by atoms with Gasteiger partial charge in [-0.3, -0.25) is 4.79 Å². The molecule has 0 saturated heterocycles. The number of rotatable bonds is 4. The molecule has 0 fully saturated rings. The van der Waals surface area contributed by atoms with Crippen LogP contribution >= 0.6 is 22.9 Å². The average Bonchev–Trinajstić information content (AvgIpc) is 2.79. The van der Waals surface area contributed by atoms with Gasteiger partial charge in [-0.15, -0.1) is 11.3 Å². The van der Waals surface area contributed by atoms with Crippen molar-refractivity contribution in [1.29, 1.82) is 0 Å². The molecular weight excluding hydrogens is 310 g/mol. The van der Waals surface area contributed by atoms with Crippen molar-refractivity contribution in [3.8, 4) is 0 Å². The molecule has 0 aliphatic carbocycles. The third-order valence-electron chi connectivity index (χ3n) is 3.03. The highest BCUT2D eigenvalue weighted by atomic mass is 35.5. The molecule has 1 heterocycles. The van der Waals surface area contributed by atoms with E-state index in [-0.39, 0.29) is 16.5 Å². The Morgan fingerprint density at radius 2 is 2.00 bits per heavy atom. The SMILES string of the molecule is CCc1cc(C(=O)Nc2cc(Cl)cc(C(=O)O)c2)sc1C. The van der Waals surface area contributed by atoms with Gasteiger partial charge in [0.25, 0.3) is 5.91 Å². The average molecular weight is 324 g/mol. The van der Waals surface area contributed by atoms with Crippen LogP contribution in [0.5, 0.6) is 0 Å². The minimum absolute atomic E-state index is 0.0365. The van der Waals surface area contributed by atoms with E-state index in [2.05, 4.69) is 5.32 Å². The molecule has 1 aromatic heterocycles. The van der Waals surface area contributed by atoms with Gasteiger partial charge in [0.15, 0.2) is 0 Å². The summed E-state index contributed by atoms with van der Waals surface area (Å²) in [6.07, 6.45) is 0.871. The lowest BCUT2D eigenvalue weighted by atomic mass is 10.2. The number of nitrogens with one attached hydrogen (secondary N) is 1. The maximum Gasteiger partial charge on any atom is 0.335 e. The third-order valence-corrected chi connectivity index (χ3v) is 4.34. The van der Waals surface area contributed by atoms with Crippen LogP contribution in [0.4, 0.5) is 5.69 Å². The van der Waals surface area contributed by atoms with Gasteiger partial charge in [-0.1, -0.05) is 18.5 Å². The van der Waals surface area contributed by atoms with Crippen molar-refractivity contribution in [2.24, 2.45) is 0 Å². The monoisotopic (exact) mass is 323 g/mol. The zero-order chi connectivity index (χ0) is 15.6. The standard InChI is InChI=1S/C15H14ClNO3S/c1-3-9-6-13(21-8(9)2)14(18)17-12-5-10(15(19)20)4-11(16)7-12/h4-7H,3H2,1-2H3,(H,17,18)(H,19,20). The second-order valence-electron chi connectivity index (χ2n) is 4.53. The fourth-order valence-electron chi connectivity index (χ4n) is 1.96. The van der Waals surface area contributed by atoms with Crippen molar-refractivity contribution in [3.05, 3.63) is 50.2 Å². The van der Waals surface area contributed by atoms with Crippen molar-refractivity contribution in [3.63, 3.8) is 0 Å². The highest BCUT2D eigenvalue weighted by Gasteiger charge is 2.13. The van der Waals surface area contributed by atoms with Crippen molar-refractivity contribution in [2.45, 2.75) is 20.3 Å². The Morgan fingerprint density at radius 1 is 1.29 bits per heavy atom. The molecule has 0 aliphatic rings. The van der Waals surface area contributed by atoms with Crippen LogP contribution in [0.1, 0.15) is 37.4 Å². The van der Waals surface area contributed by atoms with E-state index in [1.165, 1.54) is 29.5 Å². The summed E-state index contributed by atoms with van der Waals surface area (Å²) >= 11 is 7.28. The van der Waals surface area contributed by atoms with Crippen LogP contribution in [0.15, 0.2) is 24.3 Å². The second kappa shape index (κ2) is 6.28. The van der Waals surface area contributed by atoms with Crippen LogP contribution in [-0.2, 0) is 6.42 Å². The fraction of sp³-hybridized carbons (Fsp3) is 0.200. The highest BCUT2D eigenvalue weighted by molar-refractivity contribution is 7.14. The number of benzene rings is 1. The molecule has 2 N–H and O–H groups in total. The molecule has 6 heteroatoms. The van der Waals surface area contributed by atoms with Crippen LogP contribution in [0.3, 0.4) is 0 Å². The first-order valence-electron chi connectivity index (χ1n) is 6.35. The summed E-state index contributed by atoms with van der Waals surface area (Å²) in [5.74, 6) is -1.35. The van der Waals surface area contributed by atoms with Crippen LogP contribution < -0.4 is 5.32 Å². The fourth-order valence-corrected chi connectivity index (χ4v) is 3.20. The predicted octanol–water partition coefficient (Wildman–Crippen LogP) is 4.22. The number of hydrogen-bond donors (Lipinski definition) is 2. The van der Waals surface area contributed by atoms with Gasteiger partial charge in [-0.25, -0.2) is 4.79 Å². The summed E-state index contributed by atoms with van der Waals surface area (Å²) in [7, 11) is 0. The molecule has 110 valence electrons. The predicted molar refractivity (Wildman–Crippen MR) is 84.8 cm³/mol. The van der Waals surface area contributed by atoms with Gasteiger partial charge >= 0.3 is 5.97 Å². The minimum Gasteiger partial charge on any atom is -0.478 e. The molecule has 1 amide bonds. The molecule has 0 saturated carbocycles. The van der Waals surface area contributed by atoms with E-state index >= 15 is 0 Å². The lowest BCUT2D eigenvalue weighted by molar-refractivity contribution is 0.0696. The van der Waals surface area contributed by atoms with Crippen LogP contribution in [-0.4, -0.2) is 17.0 Å². The molecular formula is C15H14ClNO3S. The molecule has 0 radical (unpaired) electrons. The van der Waals surface area contributed by atoms with E-state index in [1.54, 1.807) is 0 Å². The second-order valence-corrected chi connectivity index (χ2v) is 6.23. The molecule has 4 nitrogen and oxygen atoms in total. The maximum atomic E-state index is 12.2. The number of carboxylic acids is 1. The third kappa shape index (κ3) is 3.62. The Bertz CT molecular complexity index is 709. The number of aromatic carboxylic acids is 1. The van der Waals surface area contributed by atoms with E-state index in [0.717, 1.165) is 16.9 Å². The number of carboxylic acid groups (broad SMARTS) is 1. The molecule has 0 bridgehead atoms. The number of aryl methyl sites for hydroxylation is 2. The minimum atomic E-state index is -1.09. The van der Waals surface area contributed by atoms with Gasteiger partial charge < -0.3 is 10.4 Å². The Kier molecular flexibility index (Phi) is 4.65. The van der Waals surface area contributed by atoms with E-state index < -0.39 is 5.97 Å². The lowest BCUT2D eigenvalue weighted by Gasteiger charge is -2.05. The molecule has 0 spiro atoms. The molecule has 2 rings (SSSR count). The zero-order valence-corrected chi connectivity index (χ0v) is 13.1. The molecule has 2 aromatic rings. The van der Waals surface area contributed by atoms with E-state index in [0.29, 0.717) is 10.6 Å². The van der Waals surface area contributed by atoms with Crippen molar-refractivity contribution >= 4 is 40.5 Å². The van der Waals surface area contributed by atoms with E-state index in [1.807, 2.05) is 19.9 Å². The van der Waals surface area contributed by atoms with Gasteiger partial charge in [-0.05, 0) is 43.2 Å². The van der Waals surface area contributed by atoms with Gasteiger partial charge in [0, 0.05) is 15.6 Å². The first-order valence-corrected chi connectivity index (χ1v) is 7.54. The normalized spacial score (nSPS) is 10.4. The zero-order valence-electron chi connectivity index (χ0n) is 11.6. The van der Waals surface area contributed by atoms with Gasteiger partial charge in [0.05, 0.1) is 10.4 Å². The summed E-state index contributed by atoms with van der Waals surface area (Å²) in [6, 6.07) is 6.10. The van der Waals surface area contributed by atoms with Gasteiger partial charge in [-0.2, -0.15) is 0 Å². The molecule has 0 atom stereocenters. The topological polar surface area (TPSA) is 66.4 Å². The lowest BCUT2D eigenvalue weighted by Crippen LogP contribution is -2.11. The number of carbonyl (C=O) groups excluding carboxylic acids is 1. The molecule has 0 unspecified atom stereocenters. The van der Waals surface area contributed by atoms with Crippen LogP contribution in [0, 0.1) is 6.92 Å². The van der Waals surface area contributed by atoms with Gasteiger partial charge in [0.2, 0.25) is 0 Å². The highest BCUT2D eigenvalue weighted by Crippen LogP contribution is 2.24. The van der Waals surface area contributed by atoms with Crippen LogP contribution in [0.25, 0.3) is 0 Å². The van der Waals surface area contributed by atoms with Crippen molar-refractivity contribution in [1.82, 2.24) is 0 Å². The Hall–Kier alpha value is -1.85. The molecule has 21 heavy (non-hydrogen) atoms. The number of anilines is 1. The Balaban J connectivity index is 2.24. The first-order chi connectivity index (χ1) is 9.90. The Labute approximate surface area is 131 Å². The molecule has 1 aromatic carbocycles. The summed E-state index contributed by atoms with van der Waals surface area (Å²) in [5.41, 5.74) is 1.55. The van der Waals surface area contributed by atoms with Crippen molar-refractivity contribution in [2.75, 3.05) is 5.32 Å². The number of hydrogen-bond acceptors (Lipinski definition) is 3. The number of thiophene rings is 1. The van der Waals surface area contributed by atoms with E-state index in [4.69, 9.17) is 16.7 Å². The van der Waals surface area contributed by atoms with E-state index in [9.17, 15) is 9.59 Å². The summed E-state index contributed by atoms with van der Waals surface area (Å²) in [5, 5.41) is 11.9. The Morgan fingerprint density at radius 3 is 2.57 bits per heavy atom. The quantitative estimate of drug-likeness (QED) is 0.885. The smallest absolute Gasteiger partial charge is 0.335 e. The maximum absolute atomic E-state index is 12.2. The van der Waals surface area contributed by atoms with Gasteiger partial charge in [0.1, 0.15) is 0 Å². The summed E-state index contributed by atoms with van der Waals surface area (Å²) in [4.78, 5) is 24.9.